The van der Waals surface area contributed by atoms with E-state index in [-0.39, 0.29) is 54.6 Å². The number of carbonyl (C=O) groups is 6. The van der Waals surface area contributed by atoms with Gasteiger partial charge in [0.25, 0.3) is 11.8 Å². The number of esters is 1. The van der Waals surface area contributed by atoms with Gasteiger partial charge in [0.1, 0.15) is 11.3 Å². The van der Waals surface area contributed by atoms with Gasteiger partial charge in [-0.15, -0.1) is 0 Å². The Morgan fingerprint density at radius 1 is 0.941 bits per heavy atom. The van der Waals surface area contributed by atoms with Gasteiger partial charge in [-0.2, -0.15) is 0 Å². The first-order valence-corrected chi connectivity index (χ1v) is 19.8. The quantitative estimate of drug-likeness (QED) is 0.153. The smallest absolute Gasteiger partial charge is 0.315 e. The molecule has 3 saturated carbocycles. The maximum Gasteiger partial charge on any atom is 0.315 e. The zero-order chi connectivity index (χ0) is 38.2. The number of ether oxygens (including phenoxy) is 1. The van der Waals surface area contributed by atoms with Crippen LogP contribution in [0, 0.1) is 17.3 Å². The Hall–Kier alpha value is -3.49. The number of nitrogens with one attached hydrogen (secondary N) is 4. The Bertz CT molecular complexity index is 1560. The third kappa shape index (κ3) is 10.1. The van der Waals surface area contributed by atoms with Gasteiger partial charge in [-0.25, -0.2) is 13.2 Å². The minimum atomic E-state index is -3.55. The van der Waals surface area contributed by atoms with Gasteiger partial charge in [0.05, 0.1) is 35.0 Å². The Labute approximate surface area is 301 Å². The number of urea groups is 1. The molecule has 0 aromatic carbocycles. The van der Waals surface area contributed by atoms with Gasteiger partial charge in [0.2, 0.25) is 11.7 Å². The second-order valence-corrected chi connectivity index (χ2v) is 20.0. The molecule has 1 aliphatic heterocycles. The molecule has 0 radical (unpaired) electrons. The van der Waals surface area contributed by atoms with Gasteiger partial charge >= 0.3 is 12.0 Å². The molecule has 2 unspecified atom stereocenters. The third-order valence-electron chi connectivity index (χ3n) is 10.4. The molecule has 4 aliphatic rings. The van der Waals surface area contributed by atoms with Crippen molar-refractivity contribution >= 4 is 45.3 Å². The van der Waals surface area contributed by atoms with E-state index in [9.17, 15) is 37.2 Å². The van der Waals surface area contributed by atoms with Crippen LogP contribution >= 0.6 is 0 Å². The first-order chi connectivity index (χ1) is 23.5. The van der Waals surface area contributed by atoms with E-state index in [0.29, 0.717) is 12.8 Å². The number of carbonyl (C=O) groups excluding carboxylic acids is 6. The number of nitrogens with zero attached hydrogens (tertiary/aromatic N) is 1. The fourth-order valence-corrected chi connectivity index (χ4v) is 8.55. The van der Waals surface area contributed by atoms with Crippen LogP contribution in [0.25, 0.3) is 0 Å². The van der Waals surface area contributed by atoms with Crippen LogP contribution in [0.2, 0.25) is 0 Å². The average molecular weight is 736 g/mol. The Morgan fingerprint density at radius 3 is 2.14 bits per heavy atom. The largest absolute Gasteiger partial charge is 0.460 e. The summed E-state index contributed by atoms with van der Waals surface area (Å²) in [6.07, 6.45) is 5.37. The van der Waals surface area contributed by atoms with Crippen molar-refractivity contribution in [1.82, 2.24) is 26.2 Å². The third-order valence-corrected chi connectivity index (χ3v) is 13.2. The van der Waals surface area contributed by atoms with Crippen LogP contribution in [0.3, 0.4) is 0 Å². The van der Waals surface area contributed by atoms with Gasteiger partial charge in [0.15, 0.2) is 9.84 Å². The Kier molecular flexibility index (Phi) is 11.7. The summed E-state index contributed by atoms with van der Waals surface area (Å²) in [6.45, 7) is 13.7. The monoisotopic (exact) mass is 735 g/mol. The number of amides is 5. The number of Topliss-reactive ketones (excluding diaryl/α,β-unsaturated/α-hetero) is 1. The standard InChI is InChI=1S/C36H57N5O9S/c1-33(2,3)50-26(43)14-17-37-31(46)29(44)24(18-22-12-13-22)39-30(45)28-27-23(35(27,7)8)20-41(28)25(42)19-38-32(47)40-36(15-10-9-11-16-36)21-51(48,49)34(4,5)6/h22-24H,9-21H2,1-8H3,(H,37,46)(H,39,45)(H2,38,40,47). The highest BCUT2D eigenvalue weighted by atomic mass is 32.2. The normalized spacial score (nSPS) is 21.6. The number of hydrogen-bond donors (Lipinski definition) is 4. The molecule has 3 fully saturated rings. The molecule has 2 atom stereocenters. The fraction of sp³-hybridized carbons (Fsp3) is 0.778. The second kappa shape index (κ2) is 14.9. The lowest BCUT2D eigenvalue weighted by Crippen LogP contribution is -2.59. The summed E-state index contributed by atoms with van der Waals surface area (Å²) in [4.78, 5) is 80.0. The van der Waals surface area contributed by atoms with E-state index < -0.39 is 73.8 Å². The van der Waals surface area contributed by atoms with Crippen molar-refractivity contribution < 1.29 is 41.9 Å². The van der Waals surface area contributed by atoms with E-state index in [1.807, 2.05) is 13.8 Å². The van der Waals surface area contributed by atoms with Crippen molar-refractivity contribution in [3.8, 4) is 0 Å². The van der Waals surface area contributed by atoms with Crippen molar-refractivity contribution in [2.75, 3.05) is 25.4 Å². The lowest BCUT2D eigenvalue weighted by atomic mass is 9.83. The van der Waals surface area contributed by atoms with Crippen molar-refractivity contribution in [3.63, 3.8) is 0 Å². The number of hydrogen-bond acceptors (Lipinski definition) is 9. The molecule has 1 heterocycles. The first kappa shape index (κ1) is 40.3. The fourth-order valence-electron chi connectivity index (χ4n) is 7.03. The second-order valence-electron chi connectivity index (χ2n) is 17.2. The summed E-state index contributed by atoms with van der Waals surface area (Å²) in [6, 6.07) is -1.79. The van der Waals surface area contributed by atoms with E-state index in [1.54, 1.807) is 41.5 Å². The molecule has 0 aromatic rings. The lowest BCUT2D eigenvalue weighted by molar-refractivity contribution is -0.154. The Morgan fingerprint density at radius 2 is 1.57 bits per heavy atom. The highest BCUT2D eigenvalue weighted by Gasteiger charge is 2.61. The molecular weight excluding hydrogens is 678 g/mol. The van der Waals surface area contributed by atoms with E-state index >= 15 is 0 Å². The van der Waals surface area contributed by atoms with E-state index in [4.69, 9.17) is 4.74 Å². The van der Waals surface area contributed by atoms with Crippen LogP contribution in [0.5, 0.6) is 0 Å². The van der Waals surface area contributed by atoms with Gasteiger partial charge < -0.3 is 30.9 Å². The van der Waals surface area contributed by atoms with E-state index in [0.717, 1.165) is 37.7 Å². The molecule has 3 aliphatic carbocycles. The molecule has 5 amide bonds. The van der Waals surface area contributed by atoms with Crippen LogP contribution < -0.4 is 21.3 Å². The van der Waals surface area contributed by atoms with Crippen molar-refractivity contribution in [2.45, 2.75) is 135 Å². The number of sulfone groups is 1. The predicted molar refractivity (Wildman–Crippen MR) is 190 cm³/mol. The minimum absolute atomic E-state index is 0.0714. The van der Waals surface area contributed by atoms with Crippen LogP contribution in [-0.4, -0.2) is 96.1 Å². The molecule has 51 heavy (non-hydrogen) atoms. The first-order valence-electron chi connectivity index (χ1n) is 18.1. The topological polar surface area (TPSA) is 197 Å². The molecule has 4 rings (SSSR count). The highest BCUT2D eigenvalue weighted by molar-refractivity contribution is 7.92. The predicted octanol–water partition coefficient (Wildman–Crippen LogP) is 2.66. The number of rotatable bonds is 14. The molecule has 0 spiro atoms. The molecular formula is C36H57N5O9S. The summed E-state index contributed by atoms with van der Waals surface area (Å²) >= 11 is 0. The molecule has 4 N–H and O–H groups in total. The van der Waals surface area contributed by atoms with Crippen LogP contribution in [0.4, 0.5) is 4.79 Å². The van der Waals surface area contributed by atoms with Gasteiger partial charge in [-0.3, -0.25) is 24.0 Å². The number of ketones is 1. The summed E-state index contributed by atoms with van der Waals surface area (Å²) in [5.74, 6) is -3.56. The molecule has 14 nitrogen and oxygen atoms in total. The molecule has 0 bridgehead atoms. The van der Waals surface area contributed by atoms with E-state index in [2.05, 4.69) is 21.3 Å². The summed E-state index contributed by atoms with van der Waals surface area (Å²) < 4.78 is 30.5. The zero-order valence-corrected chi connectivity index (χ0v) is 32.3. The molecule has 286 valence electrons. The number of fused-ring (bicyclic) bond motifs is 1. The summed E-state index contributed by atoms with van der Waals surface area (Å²) in [5, 5.41) is 10.7. The molecule has 0 aromatic heterocycles. The van der Waals surface area contributed by atoms with E-state index in [1.165, 1.54) is 4.90 Å². The minimum Gasteiger partial charge on any atom is -0.460 e. The van der Waals surface area contributed by atoms with Gasteiger partial charge in [-0.1, -0.05) is 46.0 Å². The van der Waals surface area contributed by atoms with Gasteiger partial charge in [-0.05, 0) is 77.7 Å². The van der Waals surface area contributed by atoms with Crippen molar-refractivity contribution in [2.24, 2.45) is 17.3 Å². The maximum absolute atomic E-state index is 13.9. The van der Waals surface area contributed by atoms with Gasteiger partial charge in [0, 0.05) is 19.0 Å². The molecule has 0 saturated heterocycles. The van der Waals surface area contributed by atoms with Crippen molar-refractivity contribution in [3.05, 3.63) is 11.3 Å². The maximum atomic E-state index is 13.9. The zero-order valence-electron chi connectivity index (χ0n) is 31.5. The van der Waals surface area contributed by atoms with Crippen LogP contribution in [0.1, 0.15) is 113 Å². The lowest BCUT2D eigenvalue weighted by Gasteiger charge is -2.39. The summed E-state index contributed by atoms with van der Waals surface area (Å²) in [7, 11) is -3.55. The molecule has 15 heteroatoms. The highest BCUT2D eigenvalue weighted by Crippen LogP contribution is 2.63. The Balaban J connectivity index is 1.40. The van der Waals surface area contributed by atoms with Crippen molar-refractivity contribution in [1.29, 1.82) is 0 Å². The SMILES string of the molecule is CC(C)(C)OC(=O)CCNC(=O)C(=O)C(CC1CC1)NC(=O)C1=C2C(CN1C(=O)CNC(=O)NC1(CS(=O)(=O)C(C)(C)C)CCCCC1)C2(C)C. The van der Waals surface area contributed by atoms with Crippen LogP contribution in [0.15, 0.2) is 11.3 Å². The average Bonchev–Trinajstić information content (AvgIpc) is 3.85. The van der Waals surface area contributed by atoms with Crippen LogP contribution in [-0.2, 0) is 38.5 Å². The summed E-state index contributed by atoms with van der Waals surface area (Å²) in [5.41, 5.74) is -1.08.